The third-order valence-corrected chi connectivity index (χ3v) is 2.87. The fourth-order valence-corrected chi connectivity index (χ4v) is 1.73. The van der Waals surface area contributed by atoms with E-state index in [2.05, 4.69) is 15.6 Å². The Kier molecular flexibility index (Phi) is 4.45. The molecule has 0 aliphatic carbocycles. The van der Waals surface area contributed by atoms with Crippen molar-refractivity contribution in [3.63, 3.8) is 0 Å². The molecular formula is C11H11ClN6O3. The van der Waals surface area contributed by atoms with Crippen LogP contribution < -0.4 is 11.1 Å². The number of anilines is 1. The summed E-state index contributed by atoms with van der Waals surface area (Å²) in [7, 11) is 0. The lowest BCUT2D eigenvalue weighted by molar-refractivity contribution is -0.384. The molecule has 0 bridgehead atoms. The zero-order chi connectivity index (χ0) is 15.4. The summed E-state index contributed by atoms with van der Waals surface area (Å²) in [6.45, 7) is 0.115. The maximum Gasteiger partial charge on any atom is 0.271 e. The SMILES string of the molecule is NCc1cn(CC(=O)Nc2cc([N+](=O)[O-])ccc2Cl)nn1. The molecule has 1 heterocycles. The number of carbonyl (C=O) groups is 1. The number of nitro benzene ring substituents is 1. The minimum Gasteiger partial charge on any atom is -0.325 e. The second-order valence-electron chi connectivity index (χ2n) is 4.08. The average molecular weight is 311 g/mol. The standard InChI is InChI=1S/C11H11ClN6O3/c12-9-2-1-8(18(20)21)3-10(9)14-11(19)6-17-5-7(4-13)15-16-17/h1-3,5H,4,6,13H2,(H,14,19). The summed E-state index contributed by atoms with van der Waals surface area (Å²) in [6, 6.07) is 3.78. The molecule has 0 saturated carbocycles. The Morgan fingerprint density at radius 1 is 1.52 bits per heavy atom. The molecular weight excluding hydrogens is 300 g/mol. The van der Waals surface area contributed by atoms with E-state index in [4.69, 9.17) is 17.3 Å². The largest absolute Gasteiger partial charge is 0.325 e. The second kappa shape index (κ2) is 6.29. The Morgan fingerprint density at radius 2 is 2.29 bits per heavy atom. The van der Waals surface area contributed by atoms with Crippen LogP contribution >= 0.6 is 11.6 Å². The molecule has 0 saturated heterocycles. The van der Waals surface area contributed by atoms with E-state index in [1.54, 1.807) is 0 Å². The lowest BCUT2D eigenvalue weighted by Gasteiger charge is -2.06. The van der Waals surface area contributed by atoms with Crippen molar-refractivity contribution in [3.05, 3.63) is 45.2 Å². The first kappa shape index (κ1) is 14.9. The maximum atomic E-state index is 11.9. The number of aromatic nitrogens is 3. The number of hydrogen-bond donors (Lipinski definition) is 2. The molecule has 10 heteroatoms. The highest BCUT2D eigenvalue weighted by Gasteiger charge is 2.13. The van der Waals surface area contributed by atoms with Crippen molar-refractivity contribution in [1.82, 2.24) is 15.0 Å². The van der Waals surface area contributed by atoms with Crippen molar-refractivity contribution in [1.29, 1.82) is 0 Å². The third-order valence-electron chi connectivity index (χ3n) is 2.54. The first-order chi connectivity index (χ1) is 9.99. The van der Waals surface area contributed by atoms with Crippen molar-refractivity contribution in [2.24, 2.45) is 5.73 Å². The highest BCUT2D eigenvalue weighted by molar-refractivity contribution is 6.33. The number of nitrogens with two attached hydrogens (primary N) is 1. The van der Waals surface area contributed by atoms with Crippen LogP contribution in [0.1, 0.15) is 5.69 Å². The van der Waals surface area contributed by atoms with Crippen LogP contribution in [0.4, 0.5) is 11.4 Å². The molecule has 1 aromatic carbocycles. The predicted octanol–water partition coefficient (Wildman–Crippen LogP) is 0.937. The van der Waals surface area contributed by atoms with Gasteiger partial charge < -0.3 is 11.1 Å². The van der Waals surface area contributed by atoms with E-state index in [0.717, 1.165) is 0 Å². The van der Waals surface area contributed by atoms with Gasteiger partial charge in [0.05, 0.1) is 27.5 Å². The minimum atomic E-state index is -0.572. The molecule has 0 atom stereocenters. The van der Waals surface area contributed by atoms with Gasteiger partial charge in [0, 0.05) is 18.7 Å². The van der Waals surface area contributed by atoms with Gasteiger partial charge in [-0.1, -0.05) is 16.8 Å². The molecule has 9 nitrogen and oxygen atoms in total. The van der Waals surface area contributed by atoms with Gasteiger partial charge in [0.15, 0.2) is 0 Å². The molecule has 0 aliphatic rings. The second-order valence-corrected chi connectivity index (χ2v) is 4.49. The number of rotatable bonds is 5. The normalized spacial score (nSPS) is 10.4. The van der Waals surface area contributed by atoms with E-state index < -0.39 is 10.8 Å². The number of nitro groups is 1. The van der Waals surface area contributed by atoms with Crippen LogP contribution in [0.25, 0.3) is 0 Å². The highest BCUT2D eigenvalue weighted by atomic mass is 35.5. The smallest absolute Gasteiger partial charge is 0.271 e. The Bertz CT molecular complexity index is 686. The maximum absolute atomic E-state index is 11.9. The van der Waals surface area contributed by atoms with E-state index in [1.165, 1.54) is 29.1 Å². The van der Waals surface area contributed by atoms with E-state index in [1.807, 2.05) is 0 Å². The lowest BCUT2D eigenvalue weighted by Crippen LogP contribution is -2.19. The molecule has 0 spiro atoms. The van der Waals surface area contributed by atoms with E-state index >= 15 is 0 Å². The Balaban J connectivity index is 2.08. The first-order valence-electron chi connectivity index (χ1n) is 5.82. The van der Waals surface area contributed by atoms with Crippen LogP contribution in [0, 0.1) is 10.1 Å². The Hall–Kier alpha value is -2.52. The number of nitrogens with zero attached hydrogens (tertiary/aromatic N) is 4. The molecule has 2 rings (SSSR count). The van der Waals surface area contributed by atoms with Crippen molar-refractivity contribution in [2.45, 2.75) is 13.1 Å². The van der Waals surface area contributed by atoms with Gasteiger partial charge in [-0.3, -0.25) is 14.9 Å². The number of non-ortho nitro benzene ring substituents is 1. The highest BCUT2D eigenvalue weighted by Crippen LogP contribution is 2.26. The van der Waals surface area contributed by atoms with Gasteiger partial charge in [0.1, 0.15) is 6.54 Å². The Morgan fingerprint density at radius 3 is 2.90 bits per heavy atom. The van der Waals surface area contributed by atoms with Crippen molar-refractivity contribution < 1.29 is 9.72 Å². The van der Waals surface area contributed by atoms with Gasteiger partial charge >= 0.3 is 0 Å². The lowest BCUT2D eigenvalue weighted by atomic mass is 10.3. The molecule has 0 radical (unpaired) electrons. The molecule has 2 aromatic rings. The molecule has 0 fully saturated rings. The van der Waals surface area contributed by atoms with Crippen LogP contribution in [-0.2, 0) is 17.9 Å². The summed E-state index contributed by atoms with van der Waals surface area (Å²) < 4.78 is 1.31. The van der Waals surface area contributed by atoms with Crippen LogP contribution in [0.5, 0.6) is 0 Å². The number of benzene rings is 1. The van der Waals surface area contributed by atoms with Gasteiger partial charge in [0.2, 0.25) is 5.91 Å². The number of carbonyl (C=O) groups excluding carboxylic acids is 1. The minimum absolute atomic E-state index is 0.105. The summed E-state index contributed by atoms with van der Waals surface area (Å²) in [5.41, 5.74) is 5.93. The zero-order valence-corrected chi connectivity index (χ0v) is 11.4. The summed E-state index contributed by atoms with van der Waals surface area (Å²) >= 11 is 5.89. The predicted molar refractivity (Wildman–Crippen MR) is 74.6 cm³/mol. The van der Waals surface area contributed by atoms with Gasteiger partial charge in [-0.15, -0.1) is 5.10 Å². The van der Waals surface area contributed by atoms with Gasteiger partial charge in [-0.25, -0.2) is 4.68 Å². The molecule has 1 amide bonds. The van der Waals surface area contributed by atoms with Crippen LogP contribution in [-0.4, -0.2) is 25.8 Å². The fraction of sp³-hybridized carbons (Fsp3) is 0.182. The van der Waals surface area contributed by atoms with Crippen molar-refractivity contribution in [3.8, 4) is 0 Å². The van der Waals surface area contributed by atoms with E-state index in [0.29, 0.717) is 5.69 Å². The van der Waals surface area contributed by atoms with Gasteiger partial charge in [-0.05, 0) is 6.07 Å². The summed E-state index contributed by atoms with van der Waals surface area (Å²) in [6.07, 6.45) is 1.54. The van der Waals surface area contributed by atoms with Crippen LogP contribution in [0.2, 0.25) is 5.02 Å². The topological polar surface area (TPSA) is 129 Å². The van der Waals surface area contributed by atoms with Crippen molar-refractivity contribution >= 4 is 28.9 Å². The summed E-state index contributed by atoms with van der Waals surface area (Å²) in [4.78, 5) is 22.0. The Labute approximate surface area is 123 Å². The number of halogens is 1. The molecule has 21 heavy (non-hydrogen) atoms. The fourth-order valence-electron chi connectivity index (χ4n) is 1.57. The quantitative estimate of drug-likeness (QED) is 0.624. The molecule has 3 N–H and O–H groups in total. The zero-order valence-electron chi connectivity index (χ0n) is 10.7. The van der Waals surface area contributed by atoms with Crippen LogP contribution in [0.3, 0.4) is 0 Å². The number of hydrogen-bond acceptors (Lipinski definition) is 6. The van der Waals surface area contributed by atoms with E-state index in [9.17, 15) is 14.9 Å². The monoisotopic (exact) mass is 310 g/mol. The molecule has 0 aliphatic heterocycles. The average Bonchev–Trinajstić information content (AvgIpc) is 2.88. The van der Waals surface area contributed by atoms with Crippen molar-refractivity contribution in [2.75, 3.05) is 5.32 Å². The third kappa shape index (κ3) is 3.74. The number of nitrogens with one attached hydrogen (secondary N) is 1. The van der Waals surface area contributed by atoms with E-state index in [-0.39, 0.29) is 29.5 Å². The van der Waals surface area contributed by atoms with Gasteiger partial charge in [0.25, 0.3) is 5.69 Å². The number of amides is 1. The molecule has 1 aromatic heterocycles. The van der Waals surface area contributed by atoms with Crippen LogP contribution in [0.15, 0.2) is 24.4 Å². The molecule has 0 unspecified atom stereocenters. The molecule has 110 valence electrons. The summed E-state index contributed by atoms with van der Waals surface area (Å²) in [5, 5.41) is 20.8. The summed E-state index contributed by atoms with van der Waals surface area (Å²) in [5.74, 6) is -0.439. The van der Waals surface area contributed by atoms with Gasteiger partial charge in [-0.2, -0.15) is 0 Å². The first-order valence-corrected chi connectivity index (χ1v) is 6.20.